The monoisotopic (exact) mass is 519 g/mol. The number of carbonyl (C=O) groups is 2. The summed E-state index contributed by atoms with van der Waals surface area (Å²) >= 11 is 12.0. The maximum absolute atomic E-state index is 12.9. The fourth-order valence-corrected chi connectivity index (χ4v) is 3.73. The van der Waals surface area contributed by atoms with E-state index in [9.17, 15) is 9.59 Å². The van der Waals surface area contributed by atoms with E-state index in [-0.39, 0.29) is 17.6 Å². The van der Waals surface area contributed by atoms with Crippen LogP contribution in [0, 0.1) is 0 Å². The van der Waals surface area contributed by atoms with Gasteiger partial charge in [-0.1, -0.05) is 28.4 Å². The van der Waals surface area contributed by atoms with Crippen molar-refractivity contribution in [3.63, 3.8) is 0 Å². The molecule has 4 rings (SSSR count). The van der Waals surface area contributed by atoms with Crippen LogP contribution in [-0.2, 0) is 20.7 Å². The van der Waals surface area contributed by atoms with Gasteiger partial charge in [0.25, 0.3) is 0 Å². The van der Waals surface area contributed by atoms with Crippen molar-refractivity contribution in [2.24, 2.45) is 0 Å². The Balaban J connectivity index is 1.44. The first-order chi connectivity index (χ1) is 16.6. The summed E-state index contributed by atoms with van der Waals surface area (Å²) in [5.74, 6) is -0.830. The molecule has 0 saturated heterocycles. The summed E-state index contributed by atoms with van der Waals surface area (Å²) in [6.07, 6.45) is 5.95. The second kappa shape index (κ2) is 10.3. The average Bonchev–Trinajstić information content (AvgIpc) is 3.36. The molecule has 0 radical (unpaired) electrons. The highest BCUT2D eigenvalue weighted by Crippen LogP contribution is 2.34. The lowest BCUT2D eigenvalue weighted by atomic mass is 10.1. The van der Waals surface area contributed by atoms with Gasteiger partial charge in [-0.3, -0.25) is 19.6 Å². The number of nitrogens with zero attached hydrogens (tertiary/aromatic N) is 5. The van der Waals surface area contributed by atoms with Gasteiger partial charge in [0.2, 0.25) is 5.91 Å². The standard InChI is InChI=1S/C23H27Cl2N7O3/c1-23(2,3)35-22(34)18(11-15-8-9-31(29-15)16-5-6-16)26-12-21(33)27-17-10-14(24)4-7-19(17)32-13-20(25)28-30-32/h4,7-10,13,16,18,26H,5-6,11-12H2,1-3H3,(H,27,33). The lowest BCUT2D eigenvalue weighted by Crippen LogP contribution is -2.45. The van der Waals surface area contributed by atoms with Gasteiger partial charge in [0, 0.05) is 17.6 Å². The molecule has 1 aliphatic rings. The van der Waals surface area contributed by atoms with Crippen LogP contribution in [0.25, 0.3) is 5.69 Å². The van der Waals surface area contributed by atoms with Gasteiger partial charge in [-0.15, -0.1) is 5.10 Å². The largest absolute Gasteiger partial charge is 0.459 e. The highest BCUT2D eigenvalue weighted by atomic mass is 35.5. The van der Waals surface area contributed by atoms with Crippen LogP contribution >= 0.6 is 23.2 Å². The molecule has 35 heavy (non-hydrogen) atoms. The predicted octanol–water partition coefficient (Wildman–Crippen LogP) is 3.59. The molecule has 3 aromatic rings. The Labute approximate surface area is 212 Å². The van der Waals surface area contributed by atoms with Crippen molar-refractivity contribution < 1.29 is 14.3 Å². The van der Waals surface area contributed by atoms with Crippen molar-refractivity contribution in [2.45, 2.75) is 57.7 Å². The second-order valence-corrected chi connectivity index (χ2v) is 10.2. The predicted molar refractivity (Wildman–Crippen MR) is 132 cm³/mol. The first-order valence-electron chi connectivity index (χ1n) is 11.3. The number of carbonyl (C=O) groups excluding carboxylic acids is 2. The highest BCUT2D eigenvalue weighted by molar-refractivity contribution is 6.31. The molecule has 2 N–H and O–H groups in total. The van der Waals surface area contributed by atoms with Crippen LogP contribution in [-0.4, -0.2) is 54.8 Å². The number of anilines is 1. The molecule has 1 unspecified atom stereocenters. The molecule has 1 atom stereocenters. The van der Waals surface area contributed by atoms with Gasteiger partial charge in [-0.05, 0) is 57.9 Å². The number of hydrogen-bond donors (Lipinski definition) is 2. The third kappa shape index (κ3) is 7.03. The summed E-state index contributed by atoms with van der Waals surface area (Å²) in [5.41, 5.74) is 1.04. The van der Waals surface area contributed by atoms with E-state index in [1.54, 1.807) is 39.0 Å². The topological polar surface area (TPSA) is 116 Å². The SMILES string of the molecule is CC(C)(C)OC(=O)C(Cc1ccn(C2CC2)n1)NCC(=O)Nc1cc(Cl)ccc1-n1cc(Cl)nn1. The molecule has 2 aromatic heterocycles. The number of amides is 1. The van der Waals surface area contributed by atoms with Crippen LogP contribution < -0.4 is 10.6 Å². The number of nitrogens with one attached hydrogen (secondary N) is 2. The van der Waals surface area contributed by atoms with Crippen molar-refractivity contribution in [1.82, 2.24) is 30.1 Å². The molecule has 0 bridgehead atoms. The van der Waals surface area contributed by atoms with Crippen LogP contribution in [0.2, 0.25) is 10.2 Å². The van der Waals surface area contributed by atoms with Gasteiger partial charge in [-0.25, -0.2) is 4.68 Å². The van der Waals surface area contributed by atoms with E-state index >= 15 is 0 Å². The van der Waals surface area contributed by atoms with E-state index in [0.717, 1.165) is 18.5 Å². The van der Waals surface area contributed by atoms with Crippen LogP contribution in [0.3, 0.4) is 0 Å². The van der Waals surface area contributed by atoms with Crippen molar-refractivity contribution in [3.05, 3.63) is 52.5 Å². The minimum Gasteiger partial charge on any atom is -0.459 e. The first-order valence-corrected chi connectivity index (χ1v) is 12.0. The van der Waals surface area contributed by atoms with Crippen LogP contribution in [0.4, 0.5) is 5.69 Å². The zero-order chi connectivity index (χ0) is 25.2. The van der Waals surface area contributed by atoms with Crippen molar-refractivity contribution in [1.29, 1.82) is 0 Å². The summed E-state index contributed by atoms with van der Waals surface area (Å²) in [4.78, 5) is 25.7. The van der Waals surface area contributed by atoms with Crippen molar-refractivity contribution in [2.75, 3.05) is 11.9 Å². The summed E-state index contributed by atoms with van der Waals surface area (Å²) in [6.45, 7) is 5.26. The van der Waals surface area contributed by atoms with Gasteiger partial charge in [0.1, 0.15) is 11.6 Å². The van der Waals surface area contributed by atoms with E-state index in [1.165, 1.54) is 10.9 Å². The van der Waals surface area contributed by atoms with Crippen molar-refractivity contribution >= 4 is 40.8 Å². The molecule has 1 amide bonds. The van der Waals surface area contributed by atoms with Crippen LogP contribution in [0.1, 0.15) is 45.3 Å². The third-order valence-electron chi connectivity index (χ3n) is 5.14. The Kier molecular flexibility index (Phi) is 7.44. The maximum Gasteiger partial charge on any atom is 0.324 e. The number of esters is 1. The van der Waals surface area contributed by atoms with Gasteiger partial charge in [0.05, 0.1) is 35.9 Å². The second-order valence-electron chi connectivity index (χ2n) is 9.38. The van der Waals surface area contributed by atoms with E-state index < -0.39 is 17.6 Å². The zero-order valence-electron chi connectivity index (χ0n) is 19.7. The van der Waals surface area contributed by atoms with Gasteiger partial charge >= 0.3 is 5.97 Å². The van der Waals surface area contributed by atoms with Crippen LogP contribution in [0.15, 0.2) is 36.7 Å². The number of rotatable bonds is 9. The number of hydrogen-bond acceptors (Lipinski definition) is 7. The molecule has 1 saturated carbocycles. The molecule has 0 spiro atoms. The molecule has 1 aromatic carbocycles. The van der Waals surface area contributed by atoms with Crippen molar-refractivity contribution in [3.8, 4) is 5.69 Å². The van der Waals surface area contributed by atoms with Gasteiger partial charge in [0.15, 0.2) is 5.15 Å². The molecule has 10 nitrogen and oxygen atoms in total. The molecule has 1 aliphatic carbocycles. The summed E-state index contributed by atoms with van der Waals surface area (Å²) in [6, 6.07) is 6.53. The number of benzene rings is 1. The van der Waals surface area contributed by atoms with E-state index in [1.807, 2.05) is 16.9 Å². The number of ether oxygens (including phenoxy) is 1. The van der Waals surface area contributed by atoms with Gasteiger partial charge < -0.3 is 10.1 Å². The normalized spacial score (nSPS) is 14.5. The minimum atomic E-state index is -0.754. The van der Waals surface area contributed by atoms with E-state index in [4.69, 9.17) is 27.9 Å². The first kappa shape index (κ1) is 25.2. The minimum absolute atomic E-state index is 0.142. The Morgan fingerprint density at radius 1 is 1.23 bits per heavy atom. The fraction of sp³-hybridized carbons (Fsp3) is 0.435. The molecule has 0 aliphatic heterocycles. The lowest BCUT2D eigenvalue weighted by molar-refractivity contribution is -0.157. The quantitative estimate of drug-likeness (QED) is 0.415. The molecule has 1 fully saturated rings. The highest BCUT2D eigenvalue weighted by Gasteiger charge is 2.28. The molecule has 186 valence electrons. The Hall–Kier alpha value is -2.95. The number of halogens is 2. The number of aromatic nitrogens is 5. The Morgan fingerprint density at radius 3 is 2.66 bits per heavy atom. The maximum atomic E-state index is 12.9. The zero-order valence-corrected chi connectivity index (χ0v) is 21.2. The molecular weight excluding hydrogens is 493 g/mol. The summed E-state index contributed by atoms with van der Waals surface area (Å²) in [5, 5.41) is 18.7. The van der Waals surface area contributed by atoms with Crippen LogP contribution in [0.5, 0.6) is 0 Å². The lowest BCUT2D eigenvalue weighted by Gasteiger charge is -2.24. The average molecular weight is 520 g/mol. The third-order valence-corrected chi connectivity index (χ3v) is 5.55. The summed E-state index contributed by atoms with van der Waals surface area (Å²) < 4.78 is 8.92. The Bertz CT molecular complexity index is 1210. The smallest absolute Gasteiger partial charge is 0.324 e. The fourth-order valence-electron chi connectivity index (χ4n) is 3.43. The molecular formula is C23H27Cl2N7O3. The molecule has 12 heteroatoms. The molecule has 2 heterocycles. The Morgan fingerprint density at radius 2 is 2.00 bits per heavy atom. The van der Waals surface area contributed by atoms with Gasteiger partial charge in [-0.2, -0.15) is 5.10 Å². The van der Waals surface area contributed by atoms with E-state index in [0.29, 0.717) is 28.9 Å². The summed E-state index contributed by atoms with van der Waals surface area (Å²) in [7, 11) is 0. The van der Waals surface area contributed by atoms with E-state index in [2.05, 4.69) is 26.0 Å².